The van der Waals surface area contributed by atoms with E-state index in [0.717, 1.165) is 17.8 Å². The molecule has 1 heterocycles. The molecule has 0 spiro atoms. The van der Waals surface area contributed by atoms with Gasteiger partial charge in [0.2, 0.25) is 12.1 Å². The Hall–Kier alpha value is -1.96. The van der Waals surface area contributed by atoms with Crippen LogP contribution in [0.4, 0.5) is 5.13 Å². The molecule has 0 radical (unpaired) electrons. The summed E-state index contributed by atoms with van der Waals surface area (Å²) in [7, 11) is 0. The van der Waals surface area contributed by atoms with E-state index in [0.29, 0.717) is 18.1 Å². The maximum Gasteiger partial charge on any atom is 0.360 e. The molecule has 1 amide bonds. The number of nitrogens with one attached hydrogen (secondary N) is 1. The number of aromatic nitrogens is 1. The van der Waals surface area contributed by atoms with Crippen LogP contribution >= 0.6 is 11.3 Å². The van der Waals surface area contributed by atoms with Gasteiger partial charge in [0, 0.05) is 5.38 Å². The number of carboxylic acids is 1. The molecule has 0 saturated carbocycles. The molecular weight excluding hydrogens is 246 g/mol. The monoisotopic (exact) mass is 257 g/mol. The van der Waals surface area contributed by atoms with Crippen molar-refractivity contribution in [2.24, 2.45) is 5.16 Å². The Bertz CT molecular complexity index is 430. The molecule has 0 atom stereocenters. The minimum absolute atomic E-state index is 0.156. The maximum atomic E-state index is 10.9. The SMILES string of the molecule is CCCON=C(C(=O)O)c1csc(NC=O)n1. The molecule has 7 nitrogen and oxygen atoms in total. The highest BCUT2D eigenvalue weighted by atomic mass is 32.1. The number of oxime groups is 1. The van der Waals surface area contributed by atoms with E-state index in [4.69, 9.17) is 9.94 Å². The molecular formula is C9H11N3O4S. The molecule has 0 saturated heterocycles. The van der Waals surface area contributed by atoms with Crippen LogP contribution in [0.25, 0.3) is 0 Å². The van der Waals surface area contributed by atoms with Crippen molar-refractivity contribution in [3.8, 4) is 0 Å². The van der Waals surface area contributed by atoms with Gasteiger partial charge < -0.3 is 15.3 Å². The fourth-order valence-electron chi connectivity index (χ4n) is 0.896. The number of carboxylic acid groups (broad SMARTS) is 1. The van der Waals surface area contributed by atoms with Gasteiger partial charge in [0.15, 0.2) is 5.13 Å². The van der Waals surface area contributed by atoms with Gasteiger partial charge in [0.05, 0.1) is 0 Å². The molecule has 2 N–H and O–H groups in total. The molecule has 1 rings (SSSR count). The number of amides is 1. The maximum absolute atomic E-state index is 10.9. The van der Waals surface area contributed by atoms with Crippen LogP contribution in [0.3, 0.4) is 0 Å². The zero-order valence-corrected chi connectivity index (χ0v) is 9.86. The first-order chi connectivity index (χ1) is 8.19. The summed E-state index contributed by atoms with van der Waals surface area (Å²) < 4.78 is 0. The van der Waals surface area contributed by atoms with E-state index in [2.05, 4.69) is 15.5 Å². The van der Waals surface area contributed by atoms with Gasteiger partial charge in [-0.15, -0.1) is 11.3 Å². The zero-order valence-electron chi connectivity index (χ0n) is 9.04. The second-order valence-electron chi connectivity index (χ2n) is 2.88. The normalized spacial score (nSPS) is 11.0. The minimum Gasteiger partial charge on any atom is -0.476 e. The van der Waals surface area contributed by atoms with Crippen molar-refractivity contribution in [3.63, 3.8) is 0 Å². The first-order valence-corrected chi connectivity index (χ1v) is 5.66. The fourth-order valence-corrected chi connectivity index (χ4v) is 1.55. The van der Waals surface area contributed by atoms with Gasteiger partial charge in [-0.1, -0.05) is 12.1 Å². The van der Waals surface area contributed by atoms with Crippen molar-refractivity contribution in [2.75, 3.05) is 11.9 Å². The van der Waals surface area contributed by atoms with E-state index in [-0.39, 0.29) is 11.4 Å². The lowest BCUT2D eigenvalue weighted by Crippen LogP contribution is -2.15. The summed E-state index contributed by atoms with van der Waals surface area (Å²) in [6.07, 6.45) is 1.19. The quantitative estimate of drug-likeness (QED) is 0.327. The van der Waals surface area contributed by atoms with Crippen molar-refractivity contribution < 1.29 is 19.5 Å². The van der Waals surface area contributed by atoms with Gasteiger partial charge >= 0.3 is 5.97 Å². The van der Waals surface area contributed by atoms with Crippen LogP contribution < -0.4 is 5.32 Å². The molecule has 0 aromatic carbocycles. The van der Waals surface area contributed by atoms with Crippen LogP contribution in [0.1, 0.15) is 19.0 Å². The Morgan fingerprint density at radius 2 is 2.53 bits per heavy atom. The van der Waals surface area contributed by atoms with Crippen molar-refractivity contribution >= 4 is 34.6 Å². The molecule has 0 fully saturated rings. The van der Waals surface area contributed by atoms with E-state index in [1.54, 1.807) is 0 Å². The number of hydrogen-bond acceptors (Lipinski definition) is 6. The standard InChI is InChI=1S/C9H11N3O4S/c1-2-3-16-12-7(8(14)15)6-4-17-9(11-6)10-5-13/h4-5H,2-3H2,1H3,(H,14,15)(H,10,11,13). The summed E-state index contributed by atoms with van der Waals surface area (Å²) in [6.45, 7) is 2.21. The molecule has 0 aliphatic rings. The summed E-state index contributed by atoms with van der Waals surface area (Å²) in [4.78, 5) is 29.8. The predicted octanol–water partition coefficient (Wildman–Crippen LogP) is 0.927. The Kier molecular flexibility index (Phi) is 5.08. The van der Waals surface area contributed by atoms with Gasteiger partial charge in [-0.05, 0) is 6.42 Å². The number of carbonyl (C=O) groups is 2. The Morgan fingerprint density at radius 1 is 1.76 bits per heavy atom. The molecule has 0 aliphatic carbocycles. The molecule has 1 aromatic rings. The number of nitrogens with zero attached hydrogens (tertiary/aromatic N) is 2. The van der Waals surface area contributed by atoms with Crippen molar-refractivity contribution in [2.45, 2.75) is 13.3 Å². The van der Waals surface area contributed by atoms with E-state index < -0.39 is 5.97 Å². The Balaban J connectivity index is 2.85. The van der Waals surface area contributed by atoms with Crippen LogP contribution in [0.2, 0.25) is 0 Å². The second-order valence-corrected chi connectivity index (χ2v) is 3.74. The first-order valence-electron chi connectivity index (χ1n) is 4.78. The number of carbonyl (C=O) groups excluding carboxylic acids is 1. The van der Waals surface area contributed by atoms with Crippen molar-refractivity contribution in [3.05, 3.63) is 11.1 Å². The third-order valence-electron chi connectivity index (χ3n) is 1.58. The molecule has 0 bridgehead atoms. The molecule has 17 heavy (non-hydrogen) atoms. The van der Waals surface area contributed by atoms with E-state index >= 15 is 0 Å². The third kappa shape index (κ3) is 3.83. The van der Waals surface area contributed by atoms with Crippen molar-refractivity contribution in [1.29, 1.82) is 0 Å². The first kappa shape index (κ1) is 13.1. The molecule has 92 valence electrons. The van der Waals surface area contributed by atoms with Crippen LogP contribution in [-0.2, 0) is 14.4 Å². The second kappa shape index (κ2) is 6.59. The van der Waals surface area contributed by atoms with E-state index in [1.165, 1.54) is 5.38 Å². The van der Waals surface area contributed by atoms with Crippen LogP contribution in [0, 0.1) is 0 Å². The highest BCUT2D eigenvalue weighted by molar-refractivity contribution is 7.14. The number of hydrogen-bond donors (Lipinski definition) is 2. The predicted molar refractivity (Wildman–Crippen MR) is 62.2 cm³/mol. The Labute approximate surface area is 101 Å². The number of anilines is 1. The summed E-state index contributed by atoms with van der Waals surface area (Å²) in [5.74, 6) is -1.23. The van der Waals surface area contributed by atoms with E-state index in [1.807, 2.05) is 6.92 Å². The summed E-state index contributed by atoms with van der Waals surface area (Å²) in [5, 5.41) is 16.5. The molecule has 1 aromatic heterocycles. The molecule has 0 aliphatic heterocycles. The summed E-state index contributed by atoms with van der Waals surface area (Å²) in [5.41, 5.74) is -0.128. The van der Waals surface area contributed by atoms with Crippen molar-refractivity contribution in [1.82, 2.24) is 4.98 Å². The van der Waals surface area contributed by atoms with E-state index in [9.17, 15) is 9.59 Å². The van der Waals surface area contributed by atoms with Gasteiger partial charge in [0.25, 0.3) is 0 Å². The van der Waals surface area contributed by atoms with Gasteiger partial charge in [-0.2, -0.15) is 0 Å². The highest BCUT2D eigenvalue weighted by Gasteiger charge is 2.17. The summed E-state index contributed by atoms with van der Waals surface area (Å²) >= 11 is 1.11. The minimum atomic E-state index is -1.23. The van der Waals surface area contributed by atoms with Crippen LogP contribution in [0.15, 0.2) is 10.5 Å². The zero-order chi connectivity index (χ0) is 12.7. The smallest absolute Gasteiger partial charge is 0.360 e. The van der Waals surface area contributed by atoms with Crippen LogP contribution in [-0.4, -0.2) is 34.8 Å². The molecule has 8 heteroatoms. The Morgan fingerprint density at radius 3 is 3.12 bits per heavy atom. The lowest BCUT2D eigenvalue weighted by molar-refractivity contribution is -0.129. The fraction of sp³-hybridized carbons (Fsp3) is 0.333. The van der Waals surface area contributed by atoms with Crippen LogP contribution in [0.5, 0.6) is 0 Å². The number of thiazole rings is 1. The lowest BCUT2D eigenvalue weighted by atomic mass is 10.3. The number of rotatable bonds is 7. The summed E-state index contributed by atoms with van der Waals surface area (Å²) in [6, 6.07) is 0. The molecule has 0 unspecified atom stereocenters. The topological polar surface area (TPSA) is 101 Å². The third-order valence-corrected chi connectivity index (χ3v) is 2.36. The highest BCUT2D eigenvalue weighted by Crippen LogP contribution is 2.15. The van der Waals surface area contributed by atoms with Gasteiger partial charge in [-0.3, -0.25) is 4.79 Å². The average molecular weight is 257 g/mol. The average Bonchev–Trinajstić information content (AvgIpc) is 2.73. The lowest BCUT2D eigenvalue weighted by Gasteiger charge is -1.98. The van der Waals surface area contributed by atoms with Gasteiger partial charge in [0.1, 0.15) is 12.3 Å². The van der Waals surface area contributed by atoms with Gasteiger partial charge in [-0.25, -0.2) is 9.78 Å². The number of aliphatic carboxylic acids is 1. The largest absolute Gasteiger partial charge is 0.476 e.